The van der Waals surface area contributed by atoms with Crippen LogP contribution in [0.2, 0.25) is 0 Å². The summed E-state index contributed by atoms with van der Waals surface area (Å²) in [6.07, 6.45) is 1.04. The Morgan fingerprint density at radius 1 is 1.16 bits per heavy atom. The van der Waals surface area contributed by atoms with Crippen LogP contribution in [-0.2, 0) is 19.4 Å². The number of carbonyl (C=O) groups is 3. The summed E-state index contributed by atoms with van der Waals surface area (Å²) in [5.41, 5.74) is 0. The van der Waals surface area contributed by atoms with Crippen LogP contribution in [0, 0.1) is 0 Å². The van der Waals surface area contributed by atoms with Crippen LogP contribution in [-0.4, -0.2) is 62.6 Å². The molecule has 9 nitrogen and oxygen atoms in total. The van der Waals surface area contributed by atoms with E-state index in [4.69, 9.17) is 5.11 Å². The van der Waals surface area contributed by atoms with Crippen LogP contribution < -0.4 is 16.0 Å². The quantitative estimate of drug-likeness (QED) is 0.424. The number of hydrogen-bond donors (Lipinski definition) is 4. The molecule has 0 saturated carbocycles. The summed E-state index contributed by atoms with van der Waals surface area (Å²) in [4.78, 5) is 32.5. The summed E-state index contributed by atoms with van der Waals surface area (Å²) in [6.45, 7) is 0.572. The Balaban J connectivity index is 3.93. The molecule has 10 heteroatoms. The summed E-state index contributed by atoms with van der Waals surface area (Å²) in [5.74, 6) is -2.07. The first kappa shape index (κ1) is 17.2. The van der Waals surface area contributed by atoms with Crippen LogP contribution in [0.3, 0.4) is 0 Å². The van der Waals surface area contributed by atoms with Crippen LogP contribution in [0.4, 0.5) is 4.79 Å². The molecule has 0 aromatic carbocycles. The van der Waals surface area contributed by atoms with E-state index in [1.165, 1.54) is 6.92 Å². The molecular weight excluding hydrogens is 278 g/mol. The Morgan fingerprint density at radius 2 is 1.74 bits per heavy atom. The third kappa shape index (κ3) is 11.0. The highest BCUT2D eigenvalue weighted by Crippen LogP contribution is 1.89. The van der Waals surface area contributed by atoms with E-state index in [1.807, 2.05) is 0 Å². The first-order chi connectivity index (χ1) is 8.60. The van der Waals surface area contributed by atoms with Crippen molar-refractivity contribution in [3.05, 3.63) is 0 Å². The van der Waals surface area contributed by atoms with Crippen molar-refractivity contribution in [2.24, 2.45) is 0 Å². The minimum atomic E-state index is -3.21. The highest BCUT2D eigenvalue weighted by molar-refractivity contribution is 7.90. The fraction of sp³-hybridized carbons (Fsp3) is 0.667. The van der Waals surface area contributed by atoms with E-state index in [0.717, 1.165) is 6.26 Å². The molecule has 0 saturated heterocycles. The van der Waals surface area contributed by atoms with Crippen molar-refractivity contribution in [2.45, 2.75) is 13.0 Å². The van der Waals surface area contributed by atoms with Crippen molar-refractivity contribution in [1.82, 2.24) is 16.0 Å². The lowest BCUT2D eigenvalue weighted by Crippen LogP contribution is -2.47. The summed E-state index contributed by atoms with van der Waals surface area (Å²) in [6, 6.07) is -1.31. The van der Waals surface area contributed by atoms with Gasteiger partial charge in [-0.2, -0.15) is 0 Å². The number of urea groups is 1. The smallest absolute Gasteiger partial charge is 0.322 e. The minimum absolute atomic E-state index is 0.217. The third-order valence-electron chi connectivity index (χ3n) is 1.78. The highest BCUT2D eigenvalue weighted by Gasteiger charge is 2.13. The normalized spacial score (nSPS) is 12.3. The predicted octanol–water partition coefficient (Wildman–Crippen LogP) is -2.08. The zero-order valence-corrected chi connectivity index (χ0v) is 11.4. The van der Waals surface area contributed by atoms with Gasteiger partial charge in [0.05, 0.1) is 12.3 Å². The summed E-state index contributed by atoms with van der Waals surface area (Å²) >= 11 is 0. The number of nitrogens with one attached hydrogen (secondary N) is 3. The molecule has 4 N–H and O–H groups in total. The fourth-order valence-corrected chi connectivity index (χ4v) is 2.16. The monoisotopic (exact) mass is 295 g/mol. The molecule has 0 aliphatic carbocycles. The first-order valence-corrected chi connectivity index (χ1v) is 7.37. The second kappa shape index (κ2) is 7.56. The molecule has 0 bridgehead atoms. The SMILES string of the molecule is CC(CS(C)(=O)=O)NC(=O)NCC(=O)NCC(=O)O. The predicted molar refractivity (Wildman–Crippen MR) is 66.4 cm³/mol. The number of carbonyl (C=O) groups excluding carboxylic acids is 2. The van der Waals surface area contributed by atoms with Gasteiger partial charge in [0.25, 0.3) is 0 Å². The molecule has 1 unspecified atom stereocenters. The topological polar surface area (TPSA) is 142 Å². The number of carboxylic acids is 1. The molecule has 0 aromatic rings. The molecule has 0 heterocycles. The third-order valence-corrected chi connectivity index (χ3v) is 2.88. The minimum Gasteiger partial charge on any atom is -0.480 e. The van der Waals surface area contributed by atoms with Gasteiger partial charge in [-0.15, -0.1) is 0 Å². The van der Waals surface area contributed by atoms with E-state index < -0.39 is 46.9 Å². The van der Waals surface area contributed by atoms with Crippen LogP contribution in [0.1, 0.15) is 6.92 Å². The fourth-order valence-electron chi connectivity index (χ4n) is 1.17. The van der Waals surface area contributed by atoms with E-state index in [9.17, 15) is 22.8 Å². The van der Waals surface area contributed by atoms with Crippen LogP contribution >= 0.6 is 0 Å². The van der Waals surface area contributed by atoms with Gasteiger partial charge in [0, 0.05) is 12.3 Å². The van der Waals surface area contributed by atoms with E-state index in [-0.39, 0.29) is 5.75 Å². The molecule has 110 valence electrons. The number of rotatable bonds is 7. The van der Waals surface area contributed by atoms with Gasteiger partial charge in [-0.25, -0.2) is 13.2 Å². The van der Waals surface area contributed by atoms with Crippen LogP contribution in [0.15, 0.2) is 0 Å². The van der Waals surface area contributed by atoms with E-state index in [1.54, 1.807) is 0 Å². The number of hydrogen-bond acceptors (Lipinski definition) is 5. The average molecular weight is 295 g/mol. The van der Waals surface area contributed by atoms with Crippen molar-refractivity contribution >= 4 is 27.7 Å². The Hall–Kier alpha value is -1.84. The maximum absolute atomic E-state index is 11.3. The number of carboxylic acid groups (broad SMARTS) is 1. The molecule has 19 heavy (non-hydrogen) atoms. The van der Waals surface area contributed by atoms with Crippen molar-refractivity contribution < 1.29 is 27.9 Å². The van der Waals surface area contributed by atoms with Gasteiger partial charge in [-0.3, -0.25) is 9.59 Å². The zero-order valence-electron chi connectivity index (χ0n) is 10.6. The number of aliphatic carboxylic acids is 1. The summed E-state index contributed by atoms with van der Waals surface area (Å²) in [5, 5.41) is 14.9. The lowest BCUT2D eigenvalue weighted by atomic mass is 10.4. The molecule has 0 spiro atoms. The van der Waals surface area contributed by atoms with Crippen molar-refractivity contribution in [2.75, 3.05) is 25.1 Å². The van der Waals surface area contributed by atoms with Crippen molar-refractivity contribution in [3.8, 4) is 0 Å². The van der Waals surface area contributed by atoms with Gasteiger partial charge in [0.2, 0.25) is 5.91 Å². The van der Waals surface area contributed by atoms with E-state index in [0.29, 0.717) is 0 Å². The molecule has 0 aliphatic heterocycles. The van der Waals surface area contributed by atoms with Gasteiger partial charge in [0.15, 0.2) is 0 Å². The Labute approximate surface area is 110 Å². The maximum Gasteiger partial charge on any atom is 0.322 e. The van der Waals surface area contributed by atoms with E-state index in [2.05, 4.69) is 16.0 Å². The molecular formula is C9H17N3O6S. The zero-order chi connectivity index (χ0) is 15.1. The molecule has 0 radical (unpaired) electrons. The molecule has 0 fully saturated rings. The summed E-state index contributed by atoms with van der Waals surface area (Å²) < 4.78 is 21.9. The highest BCUT2D eigenvalue weighted by atomic mass is 32.2. The largest absolute Gasteiger partial charge is 0.480 e. The summed E-state index contributed by atoms with van der Waals surface area (Å²) in [7, 11) is -3.21. The van der Waals surface area contributed by atoms with Gasteiger partial charge in [-0.05, 0) is 6.92 Å². The lowest BCUT2D eigenvalue weighted by molar-refractivity contribution is -0.137. The van der Waals surface area contributed by atoms with Gasteiger partial charge in [0.1, 0.15) is 16.4 Å². The molecule has 3 amide bonds. The van der Waals surface area contributed by atoms with Gasteiger partial charge < -0.3 is 21.1 Å². The number of sulfone groups is 1. The molecule has 1 atom stereocenters. The van der Waals surface area contributed by atoms with Crippen molar-refractivity contribution in [1.29, 1.82) is 0 Å². The van der Waals surface area contributed by atoms with Gasteiger partial charge >= 0.3 is 12.0 Å². The standard InChI is InChI=1S/C9H17N3O6S/c1-6(5-19(2,17)18)12-9(16)11-3-7(13)10-4-8(14)15/h6H,3-5H2,1-2H3,(H,10,13)(H,14,15)(H2,11,12,16). The maximum atomic E-state index is 11.3. The van der Waals surface area contributed by atoms with E-state index >= 15 is 0 Å². The molecule has 0 rings (SSSR count). The molecule has 0 aromatic heterocycles. The van der Waals surface area contributed by atoms with Gasteiger partial charge in [-0.1, -0.05) is 0 Å². The average Bonchev–Trinajstić information content (AvgIpc) is 2.20. The molecule has 0 aliphatic rings. The first-order valence-electron chi connectivity index (χ1n) is 5.30. The van der Waals surface area contributed by atoms with Crippen molar-refractivity contribution in [3.63, 3.8) is 0 Å². The van der Waals surface area contributed by atoms with Crippen LogP contribution in [0.5, 0.6) is 0 Å². The Kier molecular flexibility index (Phi) is 6.83. The number of amides is 3. The Bertz CT molecular complexity index is 447. The van der Waals surface area contributed by atoms with Crippen LogP contribution in [0.25, 0.3) is 0 Å². The second-order valence-electron chi connectivity index (χ2n) is 3.99. The second-order valence-corrected chi connectivity index (χ2v) is 6.18. The Morgan fingerprint density at radius 3 is 2.21 bits per heavy atom. The lowest BCUT2D eigenvalue weighted by Gasteiger charge is -2.13.